The Kier molecular flexibility index (Phi) is 3.91. The van der Waals surface area contributed by atoms with E-state index in [4.69, 9.17) is 4.42 Å². The molecular weight excluding hydrogens is 346 g/mol. The van der Waals surface area contributed by atoms with Crippen LogP contribution >= 0.6 is 0 Å². The summed E-state index contributed by atoms with van der Waals surface area (Å²) in [6.45, 7) is 0. The van der Waals surface area contributed by atoms with E-state index >= 15 is 0 Å². The average Bonchev–Trinajstić information content (AvgIpc) is 3.25. The Hall–Kier alpha value is -3.85. The number of hydrogen-bond acceptors (Lipinski definition) is 2. The summed E-state index contributed by atoms with van der Waals surface area (Å²) in [4.78, 5) is 13.4. The molecule has 134 valence electrons. The summed E-state index contributed by atoms with van der Waals surface area (Å²) < 4.78 is 7.38. The van der Waals surface area contributed by atoms with E-state index in [1.807, 2.05) is 84.9 Å². The van der Waals surface area contributed by atoms with Gasteiger partial charge in [-0.15, -0.1) is 0 Å². The molecule has 2 heterocycles. The molecule has 0 N–H and O–H groups in total. The summed E-state index contributed by atoms with van der Waals surface area (Å²) in [6, 6.07) is 31.7. The highest BCUT2D eigenvalue weighted by atomic mass is 16.3. The van der Waals surface area contributed by atoms with E-state index in [0.717, 1.165) is 33.5 Å². The number of rotatable bonds is 3. The molecule has 0 amide bonds. The molecule has 0 fully saturated rings. The minimum atomic E-state index is -0.162. The van der Waals surface area contributed by atoms with E-state index < -0.39 is 0 Å². The maximum absolute atomic E-state index is 13.4. The number of pyridine rings is 1. The summed E-state index contributed by atoms with van der Waals surface area (Å²) in [5.41, 5.74) is 4.87. The van der Waals surface area contributed by atoms with Gasteiger partial charge < -0.3 is 4.42 Å². The number of fused-ring (bicyclic) bond motifs is 1. The van der Waals surface area contributed by atoms with Gasteiger partial charge >= 0.3 is 0 Å². The van der Waals surface area contributed by atoms with Crippen LogP contribution in [-0.4, -0.2) is 4.57 Å². The van der Waals surface area contributed by atoms with Gasteiger partial charge in [0.2, 0.25) is 0 Å². The molecule has 0 unspecified atom stereocenters. The van der Waals surface area contributed by atoms with Gasteiger partial charge in [0.25, 0.3) is 5.56 Å². The average molecular weight is 363 g/mol. The first-order chi connectivity index (χ1) is 13.8. The molecule has 0 saturated carbocycles. The standard InChI is InChI=1S/C25H17NO2/c27-25-24-21(16-17-28-24)22(18-10-4-1-5-11-18)23(19-12-6-2-7-13-19)26(25)20-14-8-3-9-15-20/h1-17H. The minimum absolute atomic E-state index is 0.162. The number of para-hydroxylation sites is 1. The maximum atomic E-state index is 13.4. The van der Waals surface area contributed by atoms with Crippen molar-refractivity contribution in [1.82, 2.24) is 4.57 Å². The molecular formula is C25H17NO2. The van der Waals surface area contributed by atoms with E-state index in [1.165, 1.54) is 0 Å². The lowest BCUT2D eigenvalue weighted by molar-refractivity contribution is 0.608. The van der Waals surface area contributed by atoms with Crippen molar-refractivity contribution in [1.29, 1.82) is 0 Å². The quantitative estimate of drug-likeness (QED) is 0.399. The van der Waals surface area contributed by atoms with E-state index in [-0.39, 0.29) is 5.56 Å². The molecule has 3 aromatic carbocycles. The number of benzene rings is 3. The molecule has 0 spiro atoms. The van der Waals surface area contributed by atoms with Gasteiger partial charge in [0.1, 0.15) is 0 Å². The van der Waals surface area contributed by atoms with Crippen LogP contribution in [0.2, 0.25) is 0 Å². The Morgan fingerprint density at radius 3 is 1.86 bits per heavy atom. The van der Waals surface area contributed by atoms with Gasteiger partial charge in [0.15, 0.2) is 5.58 Å². The second kappa shape index (κ2) is 6.71. The van der Waals surface area contributed by atoms with Crippen LogP contribution in [-0.2, 0) is 0 Å². The van der Waals surface area contributed by atoms with Crippen molar-refractivity contribution < 1.29 is 4.42 Å². The number of furan rings is 1. The molecule has 0 atom stereocenters. The van der Waals surface area contributed by atoms with Crippen molar-refractivity contribution in [2.45, 2.75) is 0 Å². The molecule has 2 aromatic heterocycles. The summed E-state index contributed by atoms with van der Waals surface area (Å²) >= 11 is 0. The molecule has 0 radical (unpaired) electrons. The Bertz CT molecular complexity index is 1300. The third-order valence-corrected chi connectivity index (χ3v) is 4.92. The largest absolute Gasteiger partial charge is 0.458 e. The van der Waals surface area contributed by atoms with Crippen LogP contribution in [0.25, 0.3) is 39.0 Å². The zero-order chi connectivity index (χ0) is 18.9. The molecule has 5 rings (SSSR count). The second-order valence-corrected chi connectivity index (χ2v) is 6.60. The van der Waals surface area contributed by atoms with Crippen LogP contribution in [0, 0.1) is 0 Å². The van der Waals surface area contributed by atoms with Gasteiger partial charge in [-0.25, -0.2) is 0 Å². The van der Waals surface area contributed by atoms with Gasteiger partial charge in [-0.2, -0.15) is 0 Å². The first-order valence-corrected chi connectivity index (χ1v) is 9.17. The zero-order valence-electron chi connectivity index (χ0n) is 15.1. The summed E-state index contributed by atoms with van der Waals surface area (Å²) in [5, 5.41) is 0.822. The van der Waals surface area contributed by atoms with Crippen LogP contribution < -0.4 is 5.56 Å². The van der Waals surface area contributed by atoms with Crippen molar-refractivity contribution in [3.63, 3.8) is 0 Å². The topological polar surface area (TPSA) is 35.1 Å². The lowest BCUT2D eigenvalue weighted by Gasteiger charge is -2.19. The monoisotopic (exact) mass is 363 g/mol. The highest BCUT2D eigenvalue weighted by Gasteiger charge is 2.22. The lowest BCUT2D eigenvalue weighted by atomic mass is 9.95. The minimum Gasteiger partial charge on any atom is -0.458 e. The smallest absolute Gasteiger partial charge is 0.299 e. The number of aromatic nitrogens is 1. The van der Waals surface area contributed by atoms with Crippen molar-refractivity contribution >= 4 is 11.0 Å². The maximum Gasteiger partial charge on any atom is 0.299 e. The van der Waals surface area contributed by atoms with Crippen molar-refractivity contribution in [3.8, 4) is 28.1 Å². The Morgan fingerprint density at radius 1 is 0.643 bits per heavy atom. The van der Waals surface area contributed by atoms with Crippen LogP contribution in [0.15, 0.2) is 113 Å². The van der Waals surface area contributed by atoms with E-state index in [0.29, 0.717) is 5.58 Å². The normalized spacial score (nSPS) is 11.0. The second-order valence-electron chi connectivity index (χ2n) is 6.60. The van der Waals surface area contributed by atoms with Crippen molar-refractivity contribution in [2.75, 3.05) is 0 Å². The van der Waals surface area contributed by atoms with E-state index in [2.05, 4.69) is 12.1 Å². The van der Waals surface area contributed by atoms with Gasteiger partial charge in [-0.1, -0.05) is 78.9 Å². The van der Waals surface area contributed by atoms with Gasteiger partial charge in [-0.3, -0.25) is 9.36 Å². The Balaban J connectivity index is 2.02. The highest BCUT2D eigenvalue weighted by Crippen LogP contribution is 2.38. The third-order valence-electron chi connectivity index (χ3n) is 4.92. The third kappa shape index (κ3) is 2.57. The van der Waals surface area contributed by atoms with Crippen LogP contribution in [0.4, 0.5) is 0 Å². The number of hydrogen-bond donors (Lipinski definition) is 0. The van der Waals surface area contributed by atoms with Gasteiger partial charge in [0.05, 0.1) is 12.0 Å². The number of nitrogens with zero attached hydrogens (tertiary/aromatic N) is 1. The fourth-order valence-corrected chi connectivity index (χ4v) is 3.70. The molecule has 0 aliphatic heterocycles. The summed E-state index contributed by atoms with van der Waals surface area (Å²) in [6.07, 6.45) is 1.59. The molecule has 28 heavy (non-hydrogen) atoms. The van der Waals surface area contributed by atoms with E-state index in [9.17, 15) is 4.79 Å². The first kappa shape index (κ1) is 16.3. The van der Waals surface area contributed by atoms with Gasteiger partial charge in [0, 0.05) is 16.6 Å². The zero-order valence-corrected chi connectivity index (χ0v) is 15.1. The lowest BCUT2D eigenvalue weighted by Crippen LogP contribution is -2.21. The molecule has 0 saturated heterocycles. The first-order valence-electron chi connectivity index (χ1n) is 9.17. The fourth-order valence-electron chi connectivity index (χ4n) is 3.70. The molecule has 3 heteroatoms. The molecule has 0 aliphatic carbocycles. The highest BCUT2D eigenvalue weighted by molar-refractivity contribution is 6.01. The van der Waals surface area contributed by atoms with Crippen molar-refractivity contribution in [3.05, 3.63) is 114 Å². The Labute approximate surface area is 162 Å². The molecule has 3 nitrogen and oxygen atoms in total. The molecule has 0 bridgehead atoms. The summed E-state index contributed by atoms with van der Waals surface area (Å²) in [5.74, 6) is 0. The van der Waals surface area contributed by atoms with Crippen LogP contribution in [0.1, 0.15) is 0 Å². The van der Waals surface area contributed by atoms with Crippen molar-refractivity contribution in [2.24, 2.45) is 0 Å². The predicted molar refractivity (Wildman–Crippen MR) is 113 cm³/mol. The van der Waals surface area contributed by atoms with Gasteiger partial charge in [-0.05, 0) is 29.3 Å². The molecule has 5 aromatic rings. The fraction of sp³-hybridized carbons (Fsp3) is 0. The Morgan fingerprint density at radius 2 is 1.21 bits per heavy atom. The molecule has 0 aliphatic rings. The van der Waals surface area contributed by atoms with E-state index in [1.54, 1.807) is 10.8 Å². The van der Waals surface area contributed by atoms with Crippen LogP contribution in [0.3, 0.4) is 0 Å². The predicted octanol–water partition coefficient (Wildman–Crippen LogP) is 5.92. The van der Waals surface area contributed by atoms with Crippen LogP contribution in [0.5, 0.6) is 0 Å². The SMILES string of the molecule is O=c1c2occc2c(-c2ccccc2)c(-c2ccccc2)n1-c1ccccc1. The summed E-state index contributed by atoms with van der Waals surface area (Å²) in [7, 11) is 0.